The Morgan fingerprint density at radius 2 is 1.67 bits per heavy atom. The number of rotatable bonds is 3. The highest BCUT2D eigenvalue weighted by atomic mass is 16.2. The maximum Gasteiger partial charge on any atom is 0.244 e. The summed E-state index contributed by atoms with van der Waals surface area (Å²) in [4.78, 5) is 26.0. The van der Waals surface area contributed by atoms with Gasteiger partial charge < -0.3 is 10.2 Å². The van der Waals surface area contributed by atoms with Gasteiger partial charge in [0.15, 0.2) is 0 Å². The van der Waals surface area contributed by atoms with E-state index < -0.39 is 0 Å². The summed E-state index contributed by atoms with van der Waals surface area (Å²) in [5.41, 5.74) is 0. The number of hydrogen-bond acceptors (Lipinski definition) is 2. The number of carbonyl (C=O) groups is 2. The van der Waals surface area contributed by atoms with E-state index >= 15 is 0 Å². The Bertz CT molecular complexity index is 305. The second kappa shape index (κ2) is 6.21. The number of likely N-dealkylation sites (tertiary alicyclic amines) is 1. The minimum atomic E-state index is -0.365. The molecule has 1 N–H and O–H groups in total. The second-order valence-corrected chi connectivity index (χ2v) is 5.60. The average Bonchev–Trinajstić information content (AvgIpc) is 2.92. The molecule has 0 aromatic rings. The van der Waals surface area contributed by atoms with E-state index in [1.807, 2.05) is 11.8 Å². The number of carbonyl (C=O) groups excluding carboxylic acids is 2. The van der Waals surface area contributed by atoms with Crippen molar-refractivity contribution in [2.75, 3.05) is 13.1 Å². The number of hydrogen-bond donors (Lipinski definition) is 1. The largest absolute Gasteiger partial charge is 0.344 e. The van der Waals surface area contributed by atoms with E-state index in [4.69, 9.17) is 0 Å². The normalized spacial score (nSPS) is 22.8. The highest BCUT2D eigenvalue weighted by Crippen LogP contribution is 2.24. The van der Waals surface area contributed by atoms with Crippen LogP contribution in [0.5, 0.6) is 0 Å². The van der Waals surface area contributed by atoms with Crippen LogP contribution >= 0.6 is 0 Å². The Labute approximate surface area is 109 Å². The van der Waals surface area contributed by atoms with Crippen LogP contribution < -0.4 is 5.32 Å². The molecule has 0 bridgehead atoms. The molecule has 1 aliphatic heterocycles. The van der Waals surface area contributed by atoms with E-state index in [1.165, 1.54) is 6.42 Å². The van der Waals surface area contributed by atoms with Gasteiger partial charge in [0.05, 0.1) is 0 Å². The fourth-order valence-electron chi connectivity index (χ4n) is 2.97. The van der Waals surface area contributed by atoms with Crippen molar-refractivity contribution in [2.45, 2.75) is 57.9 Å². The van der Waals surface area contributed by atoms with Gasteiger partial charge in [-0.05, 0) is 39.0 Å². The summed E-state index contributed by atoms with van der Waals surface area (Å²) >= 11 is 0. The molecule has 4 heteroatoms. The van der Waals surface area contributed by atoms with Crippen molar-refractivity contribution in [1.29, 1.82) is 0 Å². The molecule has 1 unspecified atom stereocenters. The van der Waals surface area contributed by atoms with E-state index in [-0.39, 0.29) is 23.8 Å². The zero-order valence-corrected chi connectivity index (χ0v) is 11.3. The lowest BCUT2D eigenvalue weighted by molar-refractivity contribution is -0.137. The second-order valence-electron chi connectivity index (χ2n) is 5.60. The highest BCUT2D eigenvalue weighted by Gasteiger charge is 2.27. The number of nitrogens with one attached hydrogen (secondary N) is 1. The van der Waals surface area contributed by atoms with Crippen LogP contribution in [0.1, 0.15) is 51.9 Å². The van der Waals surface area contributed by atoms with Crippen molar-refractivity contribution in [3.63, 3.8) is 0 Å². The Balaban J connectivity index is 1.80. The molecule has 1 aliphatic carbocycles. The predicted molar refractivity (Wildman–Crippen MR) is 70.0 cm³/mol. The van der Waals surface area contributed by atoms with Gasteiger partial charge in [0, 0.05) is 19.0 Å². The van der Waals surface area contributed by atoms with Crippen LogP contribution in [0.15, 0.2) is 0 Å². The molecular weight excluding hydrogens is 228 g/mol. The van der Waals surface area contributed by atoms with Gasteiger partial charge >= 0.3 is 0 Å². The van der Waals surface area contributed by atoms with Gasteiger partial charge in [0.1, 0.15) is 6.04 Å². The maximum absolute atomic E-state index is 12.2. The topological polar surface area (TPSA) is 49.4 Å². The summed E-state index contributed by atoms with van der Waals surface area (Å²) < 4.78 is 0. The Morgan fingerprint density at radius 1 is 1.06 bits per heavy atom. The molecule has 0 radical (unpaired) electrons. The minimum absolute atomic E-state index is 0.0744. The zero-order chi connectivity index (χ0) is 13.0. The van der Waals surface area contributed by atoms with Gasteiger partial charge in [-0.2, -0.15) is 0 Å². The summed E-state index contributed by atoms with van der Waals surface area (Å²) in [6.45, 7) is 3.51. The van der Waals surface area contributed by atoms with Crippen molar-refractivity contribution >= 4 is 11.8 Å². The van der Waals surface area contributed by atoms with Gasteiger partial charge in [-0.3, -0.25) is 9.59 Å². The summed E-state index contributed by atoms with van der Waals surface area (Å²) in [7, 11) is 0. The van der Waals surface area contributed by atoms with E-state index in [1.54, 1.807) is 0 Å². The average molecular weight is 252 g/mol. The van der Waals surface area contributed by atoms with Gasteiger partial charge in [-0.15, -0.1) is 0 Å². The van der Waals surface area contributed by atoms with Crippen molar-refractivity contribution in [1.82, 2.24) is 10.2 Å². The van der Waals surface area contributed by atoms with Crippen molar-refractivity contribution in [2.24, 2.45) is 5.92 Å². The lowest BCUT2D eigenvalue weighted by Crippen LogP contribution is -2.49. The molecule has 0 aromatic carbocycles. The van der Waals surface area contributed by atoms with E-state index in [9.17, 15) is 9.59 Å². The van der Waals surface area contributed by atoms with Gasteiger partial charge in [0.2, 0.25) is 11.8 Å². The summed E-state index contributed by atoms with van der Waals surface area (Å²) in [6, 6.07) is -0.365. The minimum Gasteiger partial charge on any atom is -0.344 e. The fourth-order valence-corrected chi connectivity index (χ4v) is 2.97. The monoisotopic (exact) mass is 252 g/mol. The quantitative estimate of drug-likeness (QED) is 0.831. The van der Waals surface area contributed by atoms with Crippen LogP contribution in [0, 0.1) is 5.92 Å². The molecule has 1 atom stereocenters. The third kappa shape index (κ3) is 3.24. The molecule has 2 rings (SSSR count). The lowest BCUT2D eigenvalue weighted by atomic mass is 10.1. The Morgan fingerprint density at radius 3 is 2.28 bits per heavy atom. The molecule has 2 fully saturated rings. The molecule has 102 valence electrons. The van der Waals surface area contributed by atoms with Crippen molar-refractivity contribution < 1.29 is 9.59 Å². The molecule has 1 saturated heterocycles. The standard InChI is InChI=1S/C14H24N2O2/c1-11(14(18)16-9-5-2-6-10-16)15-13(17)12-7-3-4-8-12/h11-12H,2-10H2,1H3,(H,15,17). The number of piperidine rings is 1. The van der Waals surface area contributed by atoms with Crippen LogP contribution in [0.2, 0.25) is 0 Å². The molecule has 1 heterocycles. The molecule has 2 aliphatic rings. The molecule has 2 amide bonds. The van der Waals surface area contributed by atoms with Crippen LogP contribution in [0.4, 0.5) is 0 Å². The molecule has 18 heavy (non-hydrogen) atoms. The predicted octanol–water partition coefficient (Wildman–Crippen LogP) is 1.69. The Hall–Kier alpha value is -1.06. The van der Waals surface area contributed by atoms with E-state index in [0.29, 0.717) is 0 Å². The van der Waals surface area contributed by atoms with Gasteiger partial charge in [-0.1, -0.05) is 12.8 Å². The molecule has 4 nitrogen and oxygen atoms in total. The summed E-state index contributed by atoms with van der Waals surface area (Å²) in [5.74, 6) is 0.299. The number of amides is 2. The highest BCUT2D eigenvalue weighted by molar-refractivity contribution is 5.88. The molecular formula is C14H24N2O2. The first-order valence-electron chi connectivity index (χ1n) is 7.27. The zero-order valence-electron chi connectivity index (χ0n) is 11.3. The maximum atomic E-state index is 12.2. The molecule has 1 saturated carbocycles. The third-order valence-electron chi connectivity index (χ3n) is 4.12. The van der Waals surface area contributed by atoms with Crippen molar-refractivity contribution in [3.8, 4) is 0 Å². The van der Waals surface area contributed by atoms with Crippen LogP contribution in [-0.4, -0.2) is 35.8 Å². The lowest BCUT2D eigenvalue weighted by Gasteiger charge is -2.29. The van der Waals surface area contributed by atoms with E-state index in [2.05, 4.69) is 5.32 Å². The first-order chi connectivity index (χ1) is 8.68. The SMILES string of the molecule is CC(NC(=O)C1CCCC1)C(=O)N1CCCCC1. The summed E-state index contributed by atoms with van der Waals surface area (Å²) in [5, 5.41) is 2.89. The molecule has 0 spiro atoms. The van der Waals surface area contributed by atoms with Crippen LogP contribution in [0.25, 0.3) is 0 Å². The molecule has 0 aromatic heterocycles. The third-order valence-corrected chi connectivity index (χ3v) is 4.12. The van der Waals surface area contributed by atoms with Crippen LogP contribution in [-0.2, 0) is 9.59 Å². The summed E-state index contributed by atoms with van der Waals surface area (Å²) in [6.07, 6.45) is 7.66. The Kier molecular flexibility index (Phi) is 4.61. The smallest absolute Gasteiger partial charge is 0.244 e. The van der Waals surface area contributed by atoms with Gasteiger partial charge in [0.25, 0.3) is 0 Å². The van der Waals surface area contributed by atoms with E-state index in [0.717, 1.165) is 51.6 Å². The number of nitrogens with zero attached hydrogens (tertiary/aromatic N) is 1. The first kappa shape index (κ1) is 13.4. The first-order valence-corrected chi connectivity index (χ1v) is 7.27. The van der Waals surface area contributed by atoms with Gasteiger partial charge in [-0.25, -0.2) is 0 Å². The fraction of sp³-hybridized carbons (Fsp3) is 0.857. The van der Waals surface area contributed by atoms with Crippen LogP contribution in [0.3, 0.4) is 0 Å². The van der Waals surface area contributed by atoms with Crippen molar-refractivity contribution in [3.05, 3.63) is 0 Å².